The molecule has 0 aromatic carbocycles. The molecule has 1 heterocycles. The molecule has 0 unspecified atom stereocenters. The minimum atomic E-state index is -3.12. The average molecular weight is 219 g/mol. The Hall–Kier alpha value is -1.53. The number of alkyl halides is 2. The highest BCUT2D eigenvalue weighted by Gasteiger charge is 2.24. The smallest absolute Gasteiger partial charge is 0.285 e. The summed E-state index contributed by atoms with van der Waals surface area (Å²) in [6.45, 7) is 1.14. The van der Waals surface area contributed by atoms with Crippen molar-refractivity contribution in [1.29, 1.82) is 0 Å². The highest BCUT2D eigenvalue weighted by atomic mass is 19.3. The van der Waals surface area contributed by atoms with Crippen molar-refractivity contribution in [1.82, 2.24) is 14.1 Å². The van der Waals surface area contributed by atoms with E-state index in [1.54, 1.807) is 0 Å². The van der Waals surface area contributed by atoms with Gasteiger partial charge in [-0.15, -0.1) is 0 Å². The van der Waals surface area contributed by atoms with Crippen LogP contribution in [0.3, 0.4) is 0 Å². The molecule has 0 saturated heterocycles. The topological polar surface area (TPSA) is 56.9 Å². The zero-order valence-corrected chi connectivity index (χ0v) is 8.62. The van der Waals surface area contributed by atoms with Crippen molar-refractivity contribution in [2.75, 3.05) is 0 Å². The van der Waals surface area contributed by atoms with E-state index in [4.69, 9.17) is 0 Å². The van der Waals surface area contributed by atoms with Crippen LogP contribution in [-0.4, -0.2) is 20.0 Å². The number of aromatic nitrogens is 3. The van der Waals surface area contributed by atoms with Gasteiger partial charge in [0.2, 0.25) is 0 Å². The standard InChI is InChI=1S/C8H11F2N3O2/c1-5-11-6(14)13(4-8(2,9)10)7(15)12(5)3/h4H2,1-3H3. The lowest BCUT2D eigenvalue weighted by Crippen LogP contribution is -2.44. The molecule has 7 heteroatoms. The van der Waals surface area contributed by atoms with Crippen LogP contribution in [0.5, 0.6) is 0 Å². The molecule has 0 saturated carbocycles. The summed E-state index contributed by atoms with van der Waals surface area (Å²) in [5, 5.41) is 0. The second-order valence-electron chi connectivity index (χ2n) is 3.44. The number of hydrogen-bond donors (Lipinski definition) is 0. The molecule has 0 atom stereocenters. The maximum atomic E-state index is 12.7. The van der Waals surface area contributed by atoms with E-state index in [1.807, 2.05) is 0 Å². The van der Waals surface area contributed by atoms with Crippen LogP contribution in [0, 0.1) is 6.92 Å². The third-order valence-electron chi connectivity index (χ3n) is 1.93. The van der Waals surface area contributed by atoms with E-state index in [0.717, 1.165) is 4.57 Å². The zero-order chi connectivity index (χ0) is 11.8. The fourth-order valence-electron chi connectivity index (χ4n) is 1.09. The fraction of sp³-hybridized carbons (Fsp3) is 0.625. The molecule has 0 radical (unpaired) electrons. The molecular formula is C8H11F2N3O2. The Morgan fingerprint density at radius 1 is 1.40 bits per heavy atom. The van der Waals surface area contributed by atoms with Crippen LogP contribution in [0.1, 0.15) is 12.7 Å². The Labute approximate surface area is 84.0 Å². The van der Waals surface area contributed by atoms with Gasteiger partial charge in [0, 0.05) is 14.0 Å². The molecule has 0 spiro atoms. The second-order valence-corrected chi connectivity index (χ2v) is 3.44. The van der Waals surface area contributed by atoms with Crippen LogP contribution in [0.4, 0.5) is 8.78 Å². The van der Waals surface area contributed by atoms with E-state index in [1.165, 1.54) is 14.0 Å². The third kappa shape index (κ3) is 2.48. The predicted octanol–water partition coefficient (Wildman–Crippen LogP) is -0.0944. The Morgan fingerprint density at radius 2 is 1.93 bits per heavy atom. The van der Waals surface area contributed by atoms with Gasteiger partial charge >= 0.3 is 11.4 Å². The van der Waals surface area contributed by atoms with Crippen molar-refractivity contribution in [2.45, 2.75) is 26.3 Å². The molecule has 0 N–H and O–H groups in total. The lowest BCUT2D eigenvalue weighted by atomic mass is 10.4. The van der Waals surface area contributed by atoms with E-state index >= 15 is 0 Å². The molecule has 5 nitrogen and oxygen atoms in total. The van der Waals surface area contributed by atoms with Crippen LogP contribution in [0.2, 0.25) is 0 Å². The minimum absolute atomic E-state index is 0.195. The second kappa shape index (κ2) is 3.56. The first-order valence-corrected chi connectivity index (χ1v) is 4.24. The van der Waals surface area contributed by atoms with Gasteiger partial charge in [0.15, 0.2) is 0 Å². The molecule has 1 aromatic heterocycles. The summed E-state index contributed by atoms with van der Waals surface area (Å²) in [7, 11) is 1.37. The van der Waals surface area contributed by atoms with Gasteiger partial charge in [-0.3, -0.25) is 4.57 Å². The average Bonchev–Trinajstić information content (AvgIpc) is 2.07. The quantitative estimate of drug-likeness (QED) is 0.698. The number of hydrogen-bond acceptors (Lipinski definition) is 3. The van der Waals surface area contributed by atoms with Crippen LogP contribution >= 0.6 is 0 Å². The van der Waals surface area contributed by atoms with Gasteiger partial charge in [-0.05, 0) is 6.92 Å². The van der Waals surface area contributed by atoms with Crippen molar-refractivity contribution in [3.8, 4) is 0 Å². The van der Waals surface area contributed by atoms with Crippen molar-refractivity contribution in [3.63, 3.8) is 0 Å². The van der Waals surface area contributed by atoms with E-state index in [-0.39, 0.29) is 5.82 Å². The Kier molecular flexibility index (Phi) is 2.74. The van der Waals surface area contributed by atoms with Gasteiger partial charge in [0.05, 0.1) is 6.54 Å². The van der Waals surface area contributed by atoms with E-state index in [2.05, 4.69) is 4.98 Å². The van der Waals surface area contributed by atoms with Crippen LogP contribution in [0.15, 0.2) is 9.59 Å². The molecule has 0 aliphatic carbocycles. The molecule has 0 aliphatic heterocycles. The summed E-state index contributed by atoms with van der Waals surface area (Å²) in [4.78, 5) is 26.1. The first-order valence-electron chi connectivity index (χ1n) is 4.24. The van der Waals surface area contributed by atoms with E-state index < -0.39 is 23.8 Å². The third-order valence-corrected chi connectivity index (χ3v) is 1.93. The molecule has 1 aromatic rings. The normalized spacial score (nSPS) is 11.8. The molecule has 1 rings (SSSR count). The predicted molar refractivity (Wildman–Crippen MR) is 49.1 cm³/mol. The number of halogens is 2. The van der Waals surface area contributed by atoms with Crippen molar-refractivity contribution < 1.29 is 8.78 Å². The molecule has 0 bridgehead atoms. The Balaban J connectivity index is 3.38. The first-order chi connectivity index (χ1) is 6.72. The van der Waals surface area contributed by atoms with Crippen molar-refractivity contribution >= 4 is 0 Å². The first kappa shape index (κ1) is 11.5. The van der Waals surface area contributed by atoms with Crippen molar-refractivity contribution in [3.05, 3.63) is 26.8 Å². The van der Waals surface area contributed by atoms with Gasteiger partial charge in [-0.1, -0.05) is 0 Å². The lowest BCUT2D eigenvalue weighted by Gasteiger charge is -2.12. The van der Waals surface area contributed by atoms with Crippen molar-refractivity contribution in [2.24, 2.45) is 7.05 Å². The SMILES string of the molecule is Cc1nc(=O)n(CC(C)(F)F)c(=O)n1C. The van der Waals surface area contributed by atoms with Crippen LogP contribution < -0.4 is 11.4 Å². The maximum absolute atomic E-state index is 12.7. The minimum Gasteiger partial charge on any atom is -0.285 e. The molecular weight excluding hydrogens is 208 g/mol. The van der Waals surface area contributed by atoms with Gasteiger partial charge < -0.3 is 0 Å². The van der Waals surface area contributed by atoms with Crippen LogP contribution in [0.25, 0.3) is 0 Å². The highest BCUT2D eigenvalue weighted by Crippen LogP contribution is 2.11. The molecule has 0 amide bonds. The van der Waals surface area contributed by atoms with Crippen LogP contribution in [-0.2, 0) is 13.6 Å². The summed E-state index contributed by atoms with van der Waals surface area (Å²) in [5.41, 5.74) is -1.73. The summed E-state index contributed by atoms with van der Waals surface area (Å²) in [6.07, 6.45) is 0. The highest BCUT2D eigenvalue weighted by molar-refractivity contribution is 4.84. The van der Waals surface area contributed by atoms with Gasteiger partial charge in [0.25, 0.3) is 5.92 Å². The summed E-state index contributed by atoms with van der Waals surface area (Å²) in [5.74, 6) is -2.92. The molecule has 0 aliphatic rings. The summed E-state index contributed by atoms with van der Waals surface area (Å²) >= 11 is 0. The van der Waals surface area contributed by atoms with Gasteiger partial charge in [0.1, 0.15) is 5.82 Å². The Morgan fingerprint density at radius 3 is 2.40 bits per heavy atom. The van der Waals surface area contributed by atoms with E-state index in [0.29, 0.717) is 11.5 Å². The fourth-order valence-corrected chi connectivity index (χ4v) is 1.09. The number of rotatable bonds is 2. The monoisotopic (exact) mass is 219 g/mol. The van der Waals surface area contributed by atoms with Gasteiger partial charge in [-0.25, -0.2) is 22.9 Å². The maximum Gasteiger partial charge on any atom is 0.353 e. The Bertz CT molecular complexity index is 484. The molecule has 0 fully saturated rings. The zero-order valence-electron chi connectivity index (χ0n) is 8.62. The summed E-state index contributed by atoms with van der Waals surface area (Å²) < 4.78 is 26.8. The van der Waals surface area contributed by atoms with E-state index in [9.17, 15) is 18.4 Å². The largest absolute Gasteiger partial charge is 0.353 e. The molecule has 15 heavy (non-hydrogen) atoms. The number of aryl methyl sites for hydroxylation is 1. The summed E-state index contributed by atoms with van der Waals surface area (Å²) in [6, 6.07) is 0. The number of nitrogens with zero attached hydrogens (tertiary/aromatic N) is 3. The molecule has 84 valence electrons. The van der Waals surface area contributed by atoms with Gasteiger partial charge in [-0.2, -0.15) is 4.98 Å². The lowest BCUT2D eigenvalue weighted by molar-refractivity contribution is 0.000908.